The van der Waals surface area contributed by atoms with Gasteiger partial charge in [-0.3, -0.25) is 10.1 Å². The summed E-state index contributed by atoms with van der Waals surface area (Å²) in [5.74, 6) is 0.775. The minimum Gasteiger partial charge on any atom is -0.496 e. The van der Waals surface area contributed by atoms with E-state index in [2.05, 4.69) is 46.5 Å². The highest BCUT2D eigenvalue weighted by atomic mass is 79.9. The number of methoxy groups -OCH3 is 1. The number of thiocarbonyl (C=S) groups is 1. The quantitative estimate of drug-likeness (QED) is 0.454. The SMILES string of the molecule is CC[C@@H](C)c1ccccc1NC(=S)NC(=O)/C=C\c1cc(Br)ccc1OC. The van der Waals surface area contributed by atoms with E-state index in [1.807, 2.05) is 36.4 Å². The first-order valence-corrected chi connectivity index (χ1v) is 9.87. The predicted octanol–water partition coefficient (Wildman–Crippen LogP) is 5.50. The number of nitrogens with one attached hydrogen (secondary N) is 2. The van der Waals surface area contributed by atoms with E-state index in [1.54, 1.807) is 13.2 Å². The fourth-order valence-corrected chi connectivity index (χ4v) is 3.16. The second-order valence-corrected chi connectivity index (χ2v) is 7.38. The number of anilines is 1. The van der Waals surface area contributed by atoms with Crippen molar-refractivity contribution in [3.63, 3.8) is 0 Å². The minimum absolute atomic E-state index is 0.265. The van der Waals surface area contributed by atoms with Crippen LogP contribution < -0.4 is 15.4 Å². The summed E-state index contributed by atoms with van der Waals surface area (Å²) in [6.45, 7) is 4.30. The number of ether oxygens (including phenoxy) is 1. The van der Waals surface area contributed by atoms with Crippen molar-refractivity contribution in [3.05, 3.63) is 64.1 Å². The third-order valence-electron chi connectivity index (χ3n) is 4.20. The molecule has 0 unspecified atom stereocenters. The van der Waals surface area contributed by atoms with Crippen LogP contribution in [-0.4, -0.2) is 18.1 Å². The number of para-hydroxylation sites is 1. The molecule has 2 rings (SSSR count). The molecular formula is C21H23BrN2O2S. The summed E-state index contributed by atoms with van der Waals surface area (Å²) in [7, 11) is 1.59. The first-order valence-electron chi connectivity index (χ1n) is 8.67. The first kappa shape index (κ1) is 21.1. The van der Waals surface area contributed by atoms with Crippen LogP contribution >= 0.6 is 28.1 Å². The van der Waals surface area contributed by atoms with Gasteiger partial charge in [-0.05, 0) is 60.5 Å². The summed E-state index contributed by atoms with van der Waals surface area (Å²) >= 11 is 8.70. The van der Waals surface area contributed by atoms with Gasteiger partial charge in [-0.2, -0.15) is 0 Å². The van der Waals surface area contributed by atoms with E-state index in [-0.39, 0.29) is 11.0 Å². The Balaban J connectivity index is 2.03. The molecule has 0 heterocycles. The number of amides is 1. The molecule has 0 saturated carbocycles. The molecule has 0 saturated heterocycles. The Morgan fingerprint density at radius 3 is 2.74 bits per heavy atom. The number of carbonyl (C=O) groups excluding carboxylic acids is 1. The Kier molecular flexibility index (Phi) is 8.00. The molecule has 0 bridgehead atoms. The Hall–Kier alpha value is -2.18. The standard InChI is InChI=1S/C21H23BrN2O2S/c1-4-14(2)17-7-5-6-8-18(17)23-21(27)24-20(25)12-9-15-13-16(22)10-11-19(15)26-3/h5-14H,4H2,1-3H3,(H2,23,24,25,27)/b12-9-/t14-/m1/s1. The normalized spacial score (nSPS) is 11.9. The van der Waals surface area contributed by atoms with Crippen LogP contribution in [0.3, 0.4) is 0 Å². The molecule has 0 aliphatic rings. The molecule has 0 aliphatic heterocycles. The zero-order chi connectivity index (χ0) is 19.8. The van der Waals surface area contributed by atoms with Crippen molar-refractivity contribution < 1.29 is 9.53 Å². The van der Waals surface area contributed by atoms with Crippen molar-refractivity contribution in [2.75, 3.05) is 12.4 Å². The van der Waals surface area contributed by atoms with Gasteiger partial charge in [-0.25, -0.2) is 0 Å². The van der Waals surface area contributed by atoms with Gasteiger partial charge in [0.05, 0.1) is 7.11 Å². The Labute approximate surface area is 174 Å². The summed E-state index contributed by atoms with van der Waals surface area (Å²) in [6.07, 6.45) is 4.14. The lowest BCUT2D eigenvalue weighted by molar-refractivity contribution is -0.115. The lowest BCUT2D eigenvalue weighted by Crippen LogP contribution is -2.33. The smallest absolute Gasteiger partial charge is 0.250 e. The van der Waals surface area contributed by atoms with E-state index < -0.39 is 0 Å². The molecule has 0 fully saturated rings. The molecule has 6 heteroatoms. The first-order chi connectivity index (χ1) is 12.9. The van der Waals surface area contributed by atoms with Gasteiger partial charge < -0.3 is 10.1 Å². The average Bonchev–Trinajstić information content (AvgIpc) is 2.66. The Morgan fingerprint density at radius 2 is 2.04 bits per heavy atom. The van der Waals surface area contributed by atoms with Crippen molar-refractivity contribution in [1.29, 1.82) is 0 Å². The molecule has 1 atom stereocenters. The summed E-state index contributed by atoms with van der Waals surface area (Å²) in [4.78, 5) is 12.2. The summed E-state index contributed by atoms with van der Waals surface area (Å²) in [6, 6.07) is 13.6. The summed E-state index contributed by atoms with van der Waals surface area (Å²) < 4.78 is 6.20. The lowest BCUT2D eigenvalue weighted by Gasteiger charge is -2.16. The zero-order valence-corrected chi connectivity index (χ0v) is 18.0. The van der Waals surface area contributed by atoms with Crippen LogP contribution in [0.5, 0.6) is 5.75 Å². The molecule has 2 aromatic carbocycles. The van der Waals surface area contributed by atoms with Gasteiger partial charge in [0.15, 0.2) is 5.11 Å². The summed E-state index contributed by atoms with van der Waals surface area (Å²) in [5.41, 5.74) is 2.88. The van der Waals surface area contributed by atoms with Gasteiger partial charge in [0, 0.05) is 21.8 Å². The van der Waals surface area contributed by atoms with Crippen LogP contribution in [0.25, 0.3) is 6.08 Å². The van der Waals surface area contributed by atoms with E-state index in [0.29, 0.717) is 11.7 Å². The molecule has 0 radical (unpaired) electrons. The predicted molar refractivity (Wildman–Crippen MR) is 119 cm³/mol. The molecule has 2 aromatic rings. The number of halogens is 1. The topological polar surface area (TPSA) is 50.4 Å². The molecule has 27 heavy (non-hydrogen) atoms. The van der Waals surface area contributed by atoms with Gasteiger partial charge in [0.25, 0.3) is 0 Å². The third kappa shape index (κ3) is 6.19. The van der Waals surface area contributed by atoms with Crippen molar-refractivity contribution in [2.24, 2.45) is 0 Å². The maximum atomic E-state index is 12.2. The monoisotopic (exact) mass is 446 g/mol. The number of hydrogen-bond acceptors (Lipinski definition) is 3. The highest BCUT2D eigenvalue weighted by molar-refractivity contribution is 9.10. The molecule has 0 spiro atoms. The molecule has 0 aromatic heterocycles. The third-order valence-corrected chi connectivity index (χ3v) is 4.89. The van der Waals surface area contributed by atoms with Gasteiger partial charge in [0.1, 0.15) is 5.75 Å². The van der Waals surface area contributed by atoms with E-state index >= 15 is 0 Å². The van der Waals surface area contributed by atoms with E-state index in [1.165, 1.54) is 11.6 Å². The number of benzene rings is 2. The number of rotatable bonds is 6. The van der Waals surface area contributed by atoms with Crippen LogP contribution in [0, 0.1) is 0 Å². The van der Waals surface area contributed by atoms with Crippen LogP contribution in [0.2, 0.25) is 0 Å². The number of hydrogen-bond donors (Lipinski definition) is 2. The fraction of sp³-hybridized carbons (Fsp3) is 0.238. The lowest BCUT2D eigenvalue weighted by atomic mass is 9.97. The molecule has 4 nitrogen and oxygen atoms in total. The Morgan fingerprint density at radius 1 is 1.30 bits per heavy atom. The van der Waals surface area contributed by atoms with Crippen molar-refractivity contribution >= 4 is 50.9 Å². The van der Waals surface area contributed by atoms with Crippen molar-refractivity contribution in [2.45, 2.75) is 26.2 Å². The maximum Gasteiger partial charge on any atom is 0.250 e. The van der Waals surface area contributed by atoms with Gasteiger partial charge in [-0.1, -0.05) is 48.0 Å². The zero-order valence-electron chi connectivity index (χ0n) is 15.6. The van der Waals surface area contributed by atoms with E-state index in [4.69, 9.17) is 17.0 Å². The van der Waals surface area contributed by atoms with Gasteiger partial charge >= 0.3 is 0 Å². The van der Waals surface area contributed by atoms with Crippen LogP contribution in [0.1, 0.15) is 37.3 Å². The highest BCUT2D eigenvalue weighted by Crippen LogP contribution is 2.26. The second kappa shape index (κ2) is 10.2. The van der Waals surface area contributed by atoms with Gasteiger partial charge in [0.2, 0.25) is 5.91 Å². The van der Waals surface area contributed by atoms with Crippen molar-refractivity contribution in [1.82, 2.24) is 5.32 Å². The van der Waals surface area contributed by atoms with E-state index in [9.17, 15) is 4.79 Å². The second-order valence-electron chi connectivity index (χ2n) is 6.06. The van der Waals surface area contributed by atoms with Crippen LogP contribution in [0.15, 0.2) is 53.0 Å². The largest absolute Gasteiger partial charge is 0.496 e. The van der Waals surface area contributed by atoms with Crippen LogP contribution in [0.4, 0.5) is 5.69 Å². The molecular weight excluding hydrogens is 424 g/mol. The summed E-state index contributed by atoms with van der Waals surface area (Å²) in [5, 5.41) is 6.06. The molecule has 1 amide bonds. The van der Waals surface area contributed by atoms with E-state index in [0.717, 1.165) is 22.1 Å². The molecule has 142 valence electrons. The fourth-order valence-electron chi connectivity index (χ4n) is 2.57. The average molecular weight is 447 g/mol. The Bertz CT molecular complexity index is 852. The maximum absolute atomic E-state index is 12.2. The minimum atomic E-state index is -0.310. The molecule has 0 aliphatic carbocycles. The van der Waals surface area contributed by atoms with Crippen LogP contribution in [-0.2, 0) is 4.79 Å². The highest BCUT2D eigenvalue weighted by Gasteiger charge is 2.10. The van der Waals surface area contributed by atoms with Crippen molar-refractivity contribution in [3.8, 4) is 5.75 Å². The number of carbonyl (C=O) groups is 1. The van der Waals surface area contributed by atoms with Gasteiger partial charge in [-0.15, -0.1) is 0 Å². The molecule has 2 N–H and O–H groups in total.